The number of hydrogen-bond donors (Lipinski definition) is 10. The van der Waals surface area contributed by atoms with Crippen LogP contribution < -0.4 is 152 Å². The molecule has 75 heavy (non-hydrogen) atoms. The Morgan fingerprint density at radius 2 is 0.267 bits per heavy atom. The first-order valence-electron chi connectivity index (χ1n) is 17.6. The van der Waals surface area contributed by atoms with Crippen LogP contribution in [0.2, 0.25) is 0 Å². The van der Waals surface area contributed by atoms with Gasteiger partial charge in [-0.15, -0.1) is 0 Å². The van der Waals surface area contributed by atoms with Gasteiger partial charge in [-0.2, -0.15) is 0 Å². The Morgan fingerprint density at radius 1 is 0.200 bits per heavy atom. The third-order valence-electron chi connectivity index (χ3n) is 4.42. The van der Waals surface area contributed by atoms with Crippen molar-refractivity contribution in [3.8, 4) is 0 Å². The van der Waals surface area contributed by atoms with Crippen LogP contribution >= 0.6 is 0 Å². The molecule has 0 aromatic carbocycles. The predicted molar refractivity (Wildman–Crippen MR) is 209 cm³/mol. The fourth-order valence-electron chi connectivity index (χ4n) is 2.41. The van der Waals surface area contributed by atoms with Gasteiger partial charge in [-0.3, -0.25) is 99.7 Å². The van der Waals surface area contributed by atoms with Gasteiger partial charge in [0.2, 0.25) is 63.3 Å². The van der Waals surface area contributed by atoms with Crippen molar-refractivity contribution < 1.29 is 182 Å². The molecule has 0 aliphatic heterocycles. The van der Waals surface area contributed by atoms with Gasteiger partial charge >= 0.3 is 150 Å². The molecule has 20 N–H and O–H groups in total. The summed E-state index contributed by atoms with van der Waals surface area (Å²) in [6.45, 7) is 0. The van der Waals surface area contributed by atoms with Crippen LogP contribution in [0.4, 0.5) is 0 Å². The molecular formula is C30H50Br5N20O15Sb5. The van der Waals surface area contributed by atoms with Crippen LogP contribution in [-0.2, 0) is 30.2 Å². The number of H-pyrrole nitrogens is 20. The van der Waals surface area contributed by atoms with E-state index in [4.69, 9.17) is 47.1 Å². The van der Waals surface area contributed by atoms with E-state index < -0.39 is 103 Å². The number of hydrogen-bond acceptors (Lipinski definition) is 15. The quantitative estimate of drug-likeness (QED) is 0.0631. The first-order valence-corrected chi connectivity index (χ1v) is 33.3. The fourth-order valence-corrected chi connectivity index (χ4v) is 2.41. The first kappa shape index (κ1) is 93.9. The zero-order chi connectivity index (χ0) is 53.2. The van der Waals surface area contributed by atoms with Crippen molar-refractivity contribution in [3.63, 3.8) is 0 Å². The Hall–Kier alpha value is -3.61. The molecule has 0 spiro atoms. The molecule has 0 unspecified atom stereocenters. The van der Waals surface area contributed by atoms with Crippen molar-refractivity contribution in [1.82, 2.24) is 49.8 Å². The molecule has 35 nitrogen and oxygen atoms in total. The average molecular weight is 1940 g/mol. The summed E-state index contributed by atoms with van der Waals surface area (Å²) < 4.78 is 129. The summed E-state index contributed by atoms with van der Waals surface area (Å²) in [4.78, 5) is 56.1. The van der Waals surface area contributed by atoms with Gasteiger partial charge in [0, 0.05) is 0 Å². The second-order valence-corrected chi connectivity index (χ2v) is 15.6. The first-order chi connectivity index (χ1) is 33.7. The molecule has 0 aliphatic carbocycles. The SMILES string of the molecule is [Br-].[Br-].[Br-].[Br-].[Br-].[O]=[Sb](=[O])[O-].[O]=[Sb](=[O])[O-].[O]=[Sb](=[O])[O-].[O]=[Sb](=[O])[O-].[O]=[Sb](=[O])[O-].c1c[nH+]c[nH]1.c1c[nH+]c[nH]1.c1c[nH+]c[nH]1.c1c[nH+]c[nH]1.c1c[nH+]c[nH]1.c1c[nH+]c[nH]1.c1c[nH+]c[nH]1.c1c[nH+]c[nH]1.c1c[nH+]c[nH]1.c1c[nH+]c[nH]1. The number of rotatable bonds is 0. The topological polar surface area (TPSA) is 585 Å². The number of nitrogens with one attached hydrogen (secondary N) is 20. The molecular weight excluding hydrogens is 1890 g/mol. The molecule has 0 amide bonds. The summed E-state index contributed by atoms with van der Waals surface area (Å²) in [6.07, 6.45) is 53.9. The molecule has 420 valence electrons. The van der Waals surface area contributed by atoms with E-state index in [0.717, 1.165) is 0 Å². The molecule has 10 aromatic rings. The maximum absolute atomic E-state index is 8.60. The molecule has 45 heteroatoms. The summed E-state index contributed by atoms with van der Waals surface area (Å²) in [5.41, 5.74) is 0. The van der Waals surface area contributed by atoms with Crippen molar-refractivity contribution >= 4 is 103 Å². The standard InChI is InChI=1S/10C3H4N2.5BrH.15O.5Sb/c10*1-2-5-3-4-1;;;;;;;;;;;;;;;;;;;;;;;;;/h10*1-3H,(H,4,5);5*1H;;;;;;;;;;;;;;;;;;;;/q;;;;;;;;;;;;;;;;;;;;;;;;;5*-1;;;;;/p+5. The number of aromatic amines is 20. The molecule has 10 heterocycles. The Morgan fingerprint density at radius 3 is 0.280 bits per heavy atom. The molecule has 0 aliphatic rings. The van der Waals surface area contributed by atoms with Crippen molar-refractivity contribution in [2.45, 2.75) is 0 Å². The van der Waals surface area contributed by atoms with Crippen LogP contribution in [0.5, 0.6) is 0 Å². The summed E-state index contributed by atoms with van der Waals surface area (Å²) >= 11 is -21.0. The largest absolute Gasteiger partial charge is 0.250 e. The van der Waals surface area contributed by atoms with E-state index in [1.807, 2.05) is 124 Å². The third-order valence-corrected chi connectivity index (χ3v) is 4.42. The van der Waals surface area contributed by atoms with E-state index in [2.05, 4.69) is 99.7 Å². The van der Waals surface area contributed by atoms with Gasteiger partial charge < -0.3 is 84.9 Å². The molecule has 0 radical (unpaired) electrons. The predicted octanol–water partition coefficient (Wildman–Crippen LogP) is -25.7. The van der Waals surface area contributed by atoms with Crippen LogP contribution in [0, 0.1) is 0 Å². The summed E-state index contributed by atoms with van der Waals surface area (Å²) in [5, 5.41) is 0. The van der Waals surface area contributed by atoms with Gasteiger partial charge in [-0.05, 0) is 0 Å². The monoisotopic (exact) mass is 1930 g/mol. The summed E-state index contributed by atoms with van der Waals surface area (Å²) in [7, 11) is 0. The van der Waals surface area contributed by atoms with Crippen LogP contribution in [-0.4, -0.2) is 153 Å². The number of aromatic nitrogens is 20. The van der Waals surface area contributed by atoms with Crippen LogP contribution in [0.15, 0.2) is 187 Å². The van der Waals surface area contributed by atoms with Crippen molar-refractivity contribution in [3.05, 3.63) is 187 Å². The molecule has 0 saturated heterocycles. The van der Waals surface area contributed by atoms with Crippen molar-refractivity contribution in [2.75, 3.05) is 0 Å². The van der Waals surface area contributed by atoms with Gasteiger partial charge in [-0.25, -0.2) is 0 Å². The van der Waals surface area contributed by atoms with Crippen molar-refractivity contribution in [1.29, 1.82) is 0 Å². The minimum atomic E-state index is -4.20. The van der Waals surface area contributed by atoms with Crippen LogP contribution in [0.3, 0.4) is 0 Å². The molecule has 10 aromatic heterocycles. The second kappa shape index (κ2) is 89.9. The average Bonchev–Trinajstić information content (AvgIpc) is 4.17. The van der Waals surface area contributed by atoms with E-state index in [-0.39, 0.29) is 84.9 Å². The number of imidazole rings is 10. The zero-order valence-corrected chi connectivity index (χ0v) is 58.3. The van der Waals surface area contributed by atoms with Gasteiger partial charge in [-0.1, -0.05) is 0 Å². The van der Waals surface area contributed by atoms with E-state index in [0.29, 0.717) is 0 Å². The van der Waals surface area contributed by atoms with Gasteiger partial charge in [0.05, 0.1) is 0 Å². The minimum absolute atomic E-state index is 0. The molecule has 0 fully saturated rings. The van der Waals surface area contributed by atoms with Gasteiger partial charge in [0.15, 0.2) is 0 Å². The molecule has 0 atom stereocenters. The Balaban J connectivity index is -0.0000000752. The molecule has 0 bridgehead atoms. The third kappa shape index (κ3) is 153. The minimum Gasteiger partial charge on any atom is -0.250 e. The van der Waals surface area contributed by atoms with E-state index in [1.165, 1.54) is 0 Å². The summed E-state index contributed by atoms with van der Waals surface area (Å²) in [5.74, 6) is 0. The maximum Gasteiger partial charge on any atom is 0.239 e. The number of halogens is 5. The van der Waals surface area contributed by atoms with Gasteiger partial charge in [0.25, 0.3) is 0 Å². The smallest absolute Gasteiger partial charge is 0.239 e. The van der Waals surface area contributed by atoms with Crippen LogP contribution in [0.25, 0.3) is 0 Å². The van der Waals surface area contributed by atoms with E-state index in [9.17, 15) is 0 Å². The van der Waals surface area contributed by atoms with Crippen molar-refractivity contribution in [2.24, 2.45) is 0 Å². The Labute approximate surface area is 515 Å². The molecule has 10 rings (SSSR count). The Kier molecular flexibility index (Phi) is 113. The Bertz CT molecular complexity index is 1820. The van der Waals surface area contributed by atoms with E-state index in [1.54, 1.807) is 63.3 Å². The fraction of sp³-hybridized carbons (Fsp3) is 0. The zero-order valence-electron chi connectivity index (χ0n) is 37.6. The van der Waals surface area contributed by atoms with Crippen LogP contribution in [0.1, 0.15) is 0 Å². The summed E-state index contributed by atoms with van der Waals surface area (Å²) in [6, 6.07) is 0. The van der Waals surface area contributed by atoms with E-state index >= 15 is 0 Å². The normalized spacial score (nSPS) is 7.00. The molecule has 0 saturated carbocycles. The maximum atomic E-state index is 8.60. The van der Waals surface area contributed by atoms with Gasteiger partial charge in [0.1, 0.15) is 124 Å². The second-order valence-electron chi connectivity index (χ2n) is 9.23.